The number of aliphatic hydroxyl groups is 1. The Morgan fingerprint density at radius 3 is 2.87 bits per heavy atom. The molecule has 0 unspecified atom stereocenters. The molecule has 0 amide bonds. The maximum atomic E-state index is 11.8. The first kappa shape index (κ1) is 15.7. The van der Waals surface area contributed by atoms with Crippen LogP contribution in [-0.2, 0) is 4.79 Å². The quantitative estimate of drug-likeness (QED) is 0.786. The van der Waals surface area contributed by atoms with E-state index in [1.807, 2.05) is 17.8 Å². The van der Waals surface area contributed by atoms with Gasteiger partial charge in [-0.3, -0.25) is 4.79 Å². The molecule has 2 fully saturated rings. The van der Waals surface area contributed by atoms with Gasteiger partial charge in [0.1, 0.15) is 0 Å². The van der Waals surface area contributed by atoms with E-state index in [0.29, 0.717) is 11.8 Å². The van der Waals surface area contributed by atoms with Crippen LogP contribution in [0.15, 0.2) is 34.8 Å². The lowest BCUT2D eigenvalue weighted by Crippen LogP contribution is -2.55. The summed E-state index contributed by atoms with van der Waals surface area (Å²) in [6, 6.07) is 0. The van der Waals surface area contributed by atoms with E-state index in [2.05, 4.69) is 32.3 Å². The van der Waals surface area contributed by atoms with E-state index in [1.54, 1.807) is 6.08 Å². The lowest BCUT2D eigenvalue weighted by molar-refractivity contribution is -0.112. The van der Waals surface area contributed by atoms with Crippen LogP contribution in [0.4, 0.5) is 0 Å². The van der Waals surface area contributed by atoms with Gasteiger partial charge < -0.3 is 5.11 Å². The summed E-state index contributed by atoms with van der Waals surface area (Å²) in [7, 11) is 0. The van der Waals surface area contributed by atoms with Crippen molar-refractivity contribution < 1.29 is 9.90 Å². The van der Waals surface area contributed by atoms with Crippen molar-refractivity contribution in [2.75, 3.05) is 6.26 Å². The van der Waals surface area contributed by atoms with E-state index in [1.165, 1.54) is 10.5 Å². The van der Waals surface area contributed by atoms with Gasteiger partial charge in [0.15, 0.2) is 5.78 Å². The van der Waals surface area contributed by atoms with Gasteiger partial charge in [0.2, 0.25) is 0 Å². The highest BCUT2D eigenvalue weighted by Crippen LogP contribution is 2.65. The number of hydrogen-bond acceptors (Lipinski definition) is 3. The molecule has 1 N–H and O–H groups in total. The lowest BCUT2D eigenvalue weighted by atomic mass is 9.47. The first-order valence-corrected chi connectivity index (χ1v) is 9.99. The Labute approximate surface area is 143 Å². The van der Waals surface area contributed by atoms with E-state index in [4.69, 9.17) is 0 Å². The highest BCUT2D eigenvalue weighted by Gasteiger charge is 2.59. The fourth-order valence-corrected chi connectivity index (χ4v) is 7.14. The Morgan fingerprint density at radius 2 is 2.13 bits per heavy atom. The molecule has 0 aromatic carbocycles. The summed E-state index contributed by atoms with van der Waals surface area (Å²) in [5, 5.41) is 11.1. The summed E-state index contributed by atoms with van der Waals surface area (Å²) in [5.41, 5.74) is 1.25. The molecule has 2 nitrogen and oxygen atoms in total. The molecule has 0 radical (unpaired) electrons. The predicted octanol–water partition coefficient (Wildman–Crippen LogP) is 4.12. The van der Waals surface area contributed by atoms with Gasteiger partial charge in [-0.1, -0.05) is 31.6 Å². The van der Waals surface area contributed by atoms with Crippen LogP contribution in [0.3, 0.4) is 0 Å². The molecule has 2 saturated carbocycles. The number of hydrogen-bond donors (Lipinski definition) is 1. The van der Waals surface area contributed by atoms with Gasteiger partial charge in [0, 0.05) is 16.7 Å². The third kappa shape index (κ3) is 2.02. The fourth-order valence-electron chi connectivity index (χ4n) is 6.17. The van der Waals surface area contributed by atoms with Crippen molar-refractivity contribution in [3.63, 3.8) is 0 Å². The first-order chi connectivity index (χ1) is 10.9. The minimum Gasteiger partial charge on any atom is -0.393 e. The molecule has 0 aromatic rings. The molecule has 0 heterocycles. The molecule has 3 heteroatoms. The van der Waals surface area contributed by atoms with Gasteiger partial charge in [0.05, 0.1) is 6.10 Å². The second kappa shape index (κ2) is 5.10. The Bertz CT molecular complexity index is 646. The summed E-state index contributed by atoms with van der Waals surface area (Å²) in [5.74, 6) is 1.55. The second-order valence-corrected chi connectivity index (χ2v) is 9.07. The zero-order chi connectivity index (χ0) is 16.4. The molecule has 0 saturated heterocycles. The fraction of sp³-hybridized carbons (Fsp3) is 0.650. The number of ketones is 1. The van der Waals surface area contributed by atoms with Crippen molar-refractivity contribution in [1.29, 1.82) is 0 Å². The van der Waals surface area contributed by atoms with Crippen molar-refractivity contribution in [3.05, 3.63) is 34.8 Å². The SMILES string of the molecule is CSC1=CC[C@H]2[C@@H]3CCC4=CC(=O)C=C[C@]4(C)[C@H]3[C@@H](O)C[C@]12C. The second-order valence-electron chi connectivity index (χ2n) is 8.22. The maximum Gasteiger partial charge on any atom is 0.178 e. The summed E-state index contributed by atoms with van der Waals surface area (Å²) in [6.45, 7) is 4.60. The van der Waals surface area contributed by atoms with Crippen LogP contribution >= 0.6 is 11.8 Å². The molecular formula is C20H26O2S. The van der Waals surface area contributed by atoms with E-state index in [-0.39, 0.29) is 28.6 Å². The number of aliphatic hydroxyl groups excluding tert-OH is 1. The van der Waals surface area contributed by atoms with Gasteiger partial charge in [-0.2, -0.15) is 0 Å². The maximum absolute atomic E-state index is 11.8. The third-order valence-corrected chi connectivity index (χ3v) is 8.30. The molecule has 23 heavy (non-hydrogen) atoms. The molecule has 6 atom stereocenters. The third-order valence-electron chi connectivity index (χ3n) is 7.23. The van der Waals surface area contributed by atoms with Crippen molar-refractivity contribution in [2.24, 2.45) is 28.6 Å². The Hall–Kier alpha value is -0.800. The van der Waals surface area contributed by atoms with Gasteiger partial charge in [-0.25, -0.2) is 0 Å². The zero-order valence-electron chi connectivity index (χ0n) is 14.2. The molecule has 124 valence electrons. The first-order valence-electron chi connectivity index (χ1n) is 8.77. The molecule has 4 aliphatic rings. The van der Waals surface area contributed by atoms with Crippen LogP contribution < -0.4 is 0 Å². The van der Waals surface area contributed by atoms with Crippen LogP contribution in [0, 0.1) is 28.6 Å². The largest absolute Gasteiger partial charge is 0.393 e. The van der Waals surface area contributed by atoms with Gasteiger partial charge in [-0.15, -0.1) is 11.8 Å². The van der Waals surface area contributed by atoms with E-state index in [9.17, 15) is 9.90 Å². The molecule has 0 bridgehead atoms. The van der Waals surface area contributed by atoms with Gasteiger partial charge in [-0.05, 0) is 60.8 Å². The number of allylic oxidation sites excluding steroid dienone is 6. The molecule has 0 aliphatic heterocycles. The highest BCUT2D eigenvalue weighted by atomic mass is 32.2. The summed E-state index contributed by atoms with van der Waals surface area (Å²) in [4.78, 5) is 13.3. The minimum absolute atomic E-state index is 0.110. The normalized spacial score (nSPS) is 48.3. The molecule has 4 rings (SSSR count). The Kier molecular flexibility index (Phi) is 3.48. The Balaban J connectivity index is 1.74. The monoisotopic (exact) mass is 330 g/mol. The number of carbonyl (C=O) groups excluding carboxylic acids is 1. The number of fused-ring (bicyclic) bond motifs is 5. The molecular weight excluding hydrogens is 304 g/mol. The highest BCUT2D eigenvalue weighted by molar-refractivity contribution is 8.02. The zero-order valence-corrected chi connectivity index (χ0v) is 15.0. The van der Waals surface area contributed by atoms with Gasteiger partial charge in [0.25, 0.3) is 0 Å². The average molecular weight is 330 g/mol. The van der Waals surface area contributed by atoms with Crippen LogP contribution in [0.2, 0.25) is 0 Å². The topological polar surface area (TPSA) is 37.3 Å². The van der Waals surface area contributed by atoms with E-state index in [0.717, 1.165) is 25.7 Å². The molecule has 0 aromatic heterocycles. The van der Waals surface area contributed by atoms with Crippen molar-refractivity contribution >= 4 is 17.5 Å². The molecule has 0 spiro atoms. The number of carbonyl (C=O) groups is 1. The van der Waals surface area contributed by atoms with Crippen LogP contribution in [0.5, 0.6) is 0 Å². The average Bonchev–Trinajstić information content (AvgIpc) is 2.83. The number of thioether (sulfide) groups is 1. The van der Waals surface area contributed by atoms with Crippen LogP contribution in [0.25, 0.3) is 0 Å². The van der Waals surface area contributed by atoms with Crippen molar-refractivity contribution in [3.8, 4) is 0 Å². The van der Waals surface area contributed by atoms with E-state index < -0.39 is 0 Å². The number of rotatable bonds is 1. The summed E-state index contributed by atoms with van der Waals surface area (Å²) < 4.78 is 0. The summed E-state index contributed by atoms with van der Waals surface area (Å²) >= 11 is 1.86. The van der Waals surface area contributed by atoms with Crippen LogP contribution in [-0.4, -0.2) is 23.2 Å². The lowest BCUT2D eigenvalue weighted by Gasteiger charge is -2.58. The standard InChI is InChI=1S/C20H26O2S/c1-19-9-8-13(21)10-12(19)4-5-14-15-6-7-17(23-3)20(15,2)11-16(22)18(14)19/h7-10,14-16,18,22H,4-6,11H2,1-3H3/t14-,15-,16-,18+,19-,20-/m0/s1. The molecule has 4 aliphatic carbocycles. The van der Waals surface area contributed by atoms with Crippen molar-refractivity contribution in [1.82, 2.24) is 0 Å². The van der Waals surface area contributed by atoms with Gasteiger partial charge >= 0.3 is 0 Å². The Morgan fingerprint density at radius 1 is 1.35 bits per heavy atom. The predicted molar refractivity (Wildman–Crippen MR) is 95.0 cm³/mol. The smallest absolute Gasteiger partial charge is 0.178 e. The van der Waals surface area contributed by atoms with E-state index >= 15 is 0 Å². The minimum atomic E-state index is -0.290. The van der Waals surface area contributed by atoms with Crippen molar-refractivity contribution in [2.45, 2.75) is 45.6 Å². The van der Waals surface area contributed by atoms with Crippen LogP contribution in [0.1, 0.15) is 39.5 Å². The summed E-state index contributed by atoms with van der Waals surface area (Å²) in [6.07, 6.45) is 14.0.